The summed E-state index contributed by atoms with van der Waals surface area (Å²) in [7, 11) is 0. The molecule has 0 aromatic rings. The van der Waals surface area contributed by atoms with Gasteiger partial charge >= 0.3 is 11.9 Å². The first-order valence-electron chi connectivity index (χ1n) is 5.80. The largest absolute Gasteiger partial charge is 0.466 e. The van der Waals surface area contributed by atoms with Crippen molar-refractivity contribution in [1.29, 1.82) is 0 Å². The van der Waals surface area contributed by atoms with Crippen LogP contribution in [0, 0.1) is 0 Å². The minimum absolute atomic E-state index is 0.226. The van der Waals surface area contributed by atoms with E-state index in [2.05, 4.69) is 21.2 Å². The average molecular weight is 336 g/mol. The van der Waals surface area contributed by atoms with Crippen LogP contribution in [0.2, 0.25) is 0 Å². The third-order valence-electron chi connectivity index (χ3n) is 2.09. The number of carbonyl (C=O) groups excluding carboxylic acids is 3. The number of halogens is 1. The van der Waals surface area contributed by atoms with Crippen molar-refractivity contribution in [3.63, 3.8) is 0 Å². The second-order valence-corrected chi connectivity index (χ2v) is 4.12. The second-order valence-electron chi connectivity index (χ2n) is 3.56. The Bertz CT molecular complexity index is 343. The number of alkyl halides is 1. The van der Waals surface area contributed by atoms with E-state index in [9.17, 15) is 14.4 Å². The number of esters is 2. The smallest absolute Gasteiger partial charge is 0.332 e. The molecule has 0 aromatic heterocycles. The number of ether oxygens (including phenoxy) is 2. The lowest BCUT2D eigenvalue weighted by Crippen LogP contribution is -2.36. The maximum atomic E-state index is 11.6. The third-order valence-corrected chi connectivity index (χ3v) is 2.81. The predicted octanol–water partition coefficient (Wildman–Crippen LogP) is 0.939. The van der Waals surface area contributed by atoms with Crippen LogP contribution in [0.25, 0.3) is 0 Å². The molecule has 0 aliphatic carbocycles. The van der Waals surface area contributed by atoms with E-state index in [-0.39, 0.29) is 19.2 Å². The molecule has 0 aliphatic rings. The zero-order valence-corrected chi connectivity index (χ0v) is 12.6. The first-order valence-corrected chi connectivity index (χ1v) is 6.92. The molecule has 0 fully saturated rings. The Balaban J connectivity index is 4.60. The van der Waals surface area contributed by atoms with Crippen LogP contribution in [0.3, 0.4) is 0 Å². The zero-order chi connectivity index (χ0) is 14.7. The summed E-state index contributed by atoms with van der Waals surface area (Å²) in [5.41, 5.74) is 0.827. The Morgan fingerprint density at radius 3 is 2.53 bits per heavy atom. The fraction of sp³-hybridized carbons (Fsp3) is 0.583. The summed E-state index contributed by atoms with van der Waals surface area (Å²) in [6, 6.07) is -0.831. The number of carbonyl (C=O) groups is 3. The summed E-state index contributed by atoms with van der Waals surface area (Å²) in [5.74, 6) is -0.887. The van der Waals surface area contributed by atoms with Gasteiger partial charge in [-0.3, -0.25) is 9.59 Å². The van der Waals surface area contributed by atoms with Crippen LogP contribution in [-0.2, 0) is 23.9 Å². The van der Waals surface area contributed by atoms with Crippen LogP contribution < -0.4 is 5.32 Å². The topological polar surface area (TPSA) is 81.7 Å². The van der Waals surface area contributed by atoms with E-state index < -0.39 is 12.0 Å². The van der Waals surface area contributed by atoms with Gasteiger partial charge in [-0.05, 0) is 6.92 Å². The van der Waals surface area contributed by atoms with Crippen LogP contribution >= 0.6 is 15.9 Å². The molecule has 7 heteroatoms. The van der Waals surface area contributed by atoms with E-state index in [0.717, 1.165) is 5.57 Å². The summed E-state index contributed by atoms with van der Waals surface area (Å²) in [6.07, 6.45) is 2.50. The van der Waals surface area contributed by atoms with Gasteiger partial charge in [0.2, 0.25) is 6.41 Å². The third kappa shape index (κ3) is 8.36. The van der Waals surface area contributed by atoms with Crippen molar-refractivity contribution in [3.8, 4) is 0 Å². The minimum atomic E-state index is -0.831. The van der Waals surface area contributed by atoms with Crippen LogP contribution in [0.15, 0.2) is 11.6 Å². The fourth-order valence-corrected chi connectivity index (χ4v) is 1.71. The summed E-state index contributed by atoms with van der Waals surface area (Å²) >= 11 is 3.27. The zero-order valence-electron chi connectivity index (χ0n) is 11.0. The molecule has 0 aliphatic heterocycles. The maximum Gasteiger partial charge on any atom is 0.332 e. The molecule has 0 aromatic carbocycles. The highest BCUT2D eigenvalue weighted by molar-refractivity contribution is 9.09. The lowest BCUT2D eigenvalue weighted by Gasteiger charge is -2.13. The van der Waals surface area contributed by atoms with Crippen LogP contribution in [0.5, 0.6) is 0 Å². The Hall–Kier alpha value is -1.37. The Kier molecular flexibility index (Phi) is 9.78. The minimum Gasteiger partial charge on any atom is -0.466 e. The molecule has 0 unspecified atom stereocenters. The van der Waals surface area contributed by atoms with Crippen molar-refractivity contribution in [3.05, 3.63) is 11.6 Å². The summed E-state index contributed by atoms with van der Waals surface area (Å²) in [6.45, 7) is 3.47. The molecule has 0 spiro atoms. The molecule has 0 rings (SSSR count). The highest BCUT2D eigenvalue weighted by Crippen LogP contribution is 2.08. The molecule has 0 saturated carbocycles. The van der Waals surface area contributed by atoms with Gasteiger partial charge in [0.25, 0.3) is 0 Å². The summed E-state index contributed by atoms with van der Waals surface area (Å²) in [4.78, 5) is 32.7. The summed E-state index contributed by atoms with van der Waals surface area (Å²) in [5, 5.41) is 2.88. The molecule has 0 radical (unpaired) electrons. The van der Waals surface area contributed by atoms with Crippen molar-refractivity contribution >= 4 is 34.3 Å². The van der Waals surface area contributed by atoms with E-state index in [1.807, 2.05) is 0 Å². The quantitative estimate of drug-likeness (QED) is 0.293. The highest BCUT2D eigenvalue weighted by Gasteiger charge is 2.16. The van der Waals surface area contributed by atoms with Crippen molar-refractivity contribution in [1.82, 2.24) is 5.32 Å². The van der Waals surface area contributed by atoms with E-state index in [1.165, 1.54) is 6.92 Å². The molecular formula is C12H18BrNO5. The molecule has 0 heterocycles. The van der Waals surface area contributed by atoms with Crippen LogP contribution in [-0.4, -0.2) is 42.9 Å². The molecular weight excluding hydrogens is 318 g/mol. The van der Waals surface area contributed by atoms with Crippen molar-refractivity contribution < 1.29 is 23.9 Å². The number of nitrogens with one attached hydrogen (secondary N) is 1. The SMILES string of the molecule is CCOC(=O)[C@@H](C=C(CBr)CCOC(C)=O)NC=O. The number of hydrogen-bond donors (Lipinski definition) is 1. The van der Waals surface area contributed by atoms with Gasteiger partial charge in [-0.2, -0.15) is 0 Å². The normalized spacial score (nSPS) is 12.5. The molecule has 0 saturated heterocycles. The Labute approximate surface area is 120 Å². The van der Waals surface area contributed by atoms with Gasteiger partial charge in [0.15, 0.2) is 0 Å². The number of amides is 1. The highest BCUT2D eigenvalue weighted by atomic mass is 79.9. The number of rotatable bonds is 9. The molecule has 1 N–H and O–H groups in total. The van der Waals surface area contributed by atoms with Gasteiger partial charge in [0.1, 0.15) is 6.04 Å². The van der Waals surface area contributed by atoms with Gasteiger partial charge in [0, 0.05) is 18.7 Å². The van der Waals surface area contributed by atoms with E-state index >= 15 is 0 Å². The average Bonchev–Trinajstić information content (AvgIpc) is 2.36. The molecule has 1 amide bonds. The van der Waals surface area contributed by atoms with Crippen LogP contribution in [0.1, 0.15) is 20.3 Å². The van der Waals surface area contributed by atoms with Crippen molar-refractivity contribution in [2.75, 3.05) is 18.5 Å². The summed E-state index contributed by atoms with van der Waals surface area (Å²) < 4.78 is 9.66. The molecule has 6 nitrogen and oxygen atoms in total. The van der Waals surface area contributed by atoms with Crippen molar-refractivity contribution in [2.24, 2.45) is 0 Å². The Morgan fingerprint density at radius 1 is 1.37 bits per heavy atom. The van der Waals surface area contributed by atoms with Gasteiger partial charge in [-0.25, -0.2) is 4.79 Å². The van der Waals surface area contributed by atoms with Crippen molar-refractivity contribution in [2.45, 2.75) is 26.3 Å². The molecule has 19 heavy (non-hydrogen) atoms. The monoisotopic (exact) mass is 335 g/mol. The van der Waals surface area contributed by atoms with Gasteiger partial charge < -0.3 is 14.8 Å². The van der Waals surface area contributed by atoms with Gasteiger partial charge in [-0.1, -0.05) is 27.6 Å². The fourth-order valence-electron chi connectivity index (χ4n) is 1.25. The van der Waals surface area contributed by atoms with E-state index in [4.69, 9.17) is 9.47 Å². The van der Waals surface area contributed by atoms with Gasteiger partial charge in [0.05, 0.1) is 13.2 Å². The number of hydrogen-bond acceptors (Lipinski definition) is 5. The predicted molar refractivity (Wildman–Crippen MR) is 72.7 cm³/mol. The lowest BCUT2D eigenvalue weighted by molar-refractivity contribution is -0.145. The van der Waals surface area contributed by atoms with Crippen LogP contribution in [0.4, 0.5) is 0 Å². The molecule has 108 valence electrons. The standard InChI is InChI=1S/C12H18BrNO5/c1-3-18-12(17)11(14-8-15)6-10(7-13)4-5-19-9(2)16/h6,8,11H,3-5,7H2,1-2H3,(H,14,15)/t11-/m1/s1. The maximum absolute atomic E-state index is 11.6. The van der Waals surface area contributed by atoms with E-state index in [1.54, 1.807) is 13.0 Å². The molecule has 0 bridgehead atoms. The Morgan fingerprint density at radius 2 is 2.05 bits per heavy atom. The lowest BCUT2D eigenvalue weighted by atomic mass is 10.1. The van der Waals surface area contributed by atoms with E-state index in [0.29, 0.717) is 18.2 Å². The first kappa shape index (κ1) is 17.6. The second kappa shape index (κ2) is 10.5. The first-order chi connectivity index (χ1) is 9.04. The molecule has 1 atom stereocenters. The van der Waals surface area contributed by atoms with Gasteiger partial charge in [-0.15, -0.1) is 0 Å².